The average molecular weight is 484 g/mol. The highest BCUT2D eigenvalue weighted by molar-refractivity contribution is 6.35. The van der Waals surface area contributed by atoms with Gasteiger partial charge >= 0.3 is 5.97 Å². The summed E-state index contributed by atoms with van der Waals surface area (Å²) in [5.74, 6) is 1.01. The van der Waals surface area contributed by atoms with Crippen LogP contribution in [0.15, 0.2) is 60.7 Å². The molecule has 5 nitrogen and oxygen atoms in total. The molecule has 0 spiro atoms. The maximum absolute atomic E-state index is 12.9. The molecule has 7 heteroatoms. The fourth-order valence-corrected chi connectivity index (χ4v) is 4.28. The molecule has 0 aliphatic heterocycles. The first-order valence-corrected chi connectivity index (χ1v) is 11.2. The SMILES string of the molecule is CCOC(=O)c1c(C)n(-c2ccc(OC)cc2)c2ccc(OCc3ccc(Cl)cc3Cl)cc12. The van der Waals surface area contributed by atoms with E-state index in [-0.39, 0.29) is 12.6 Å². The number of halogens is 2. The van der Waals surface area contributed by atoms with Crippen LogP contribution in [0.3, 0.4) is 0 Å². The zero-order valence-corrected chi connectivity index (χ0v) is 20.0. The van der Waals surface area contributed by atoms with Gasteiger partial charge in [0.25, 0.3) is 0 Å². The summed E-state index contributed by atoms with van der Waals surface area (Å²) in [7, 11) is 1.63. The second-order valence-electron chi connectivity index (χ2n) is 7.42. The first-order chi connectivity index (χ1) is 15.9. The summed E-state index contributed by atoms with van der Waals surface area (Å²) < 4.78 is 18.7. The molecule has 0 N–H and O–H groups in total. The third-order valence-electron chi connectivity index (χ3n) is 5.40. The third kappa shape index (κ3) is 4.65. The number of ether oxygens (including phenoxy) is 3. The van der Waals surface area contributed by atoms with E-state index in [9.17, 15) is 4.79 Å². The number of esters is 1. The number of rotatable bonds is 7. The number of aromatic nitrogens is 1. The van der Waals surface area contributed by atoms with Crippen LogP contribution in [0, 0.1) is 6.92 Å². The van der Waals surface area contributed by atoms with Gasteiger partial charge in [-0.1, -0.05) is 29.3 Å². The van der Waals surface area contributed by atoms with E-state index < -0.39 is 0 Å². The Balaban J connectivity index is 1.76. The Bertz CT molecular complexity index is 1310. The van der Waals surface area contributed by atoms with Crippen LogP contribution >= 0.6 is 23.2 Å². The molecule has 0 saturated carbocycles. The summed E-state index contributed by atoms with van der Waals surface area (Å²) in [4.78, 5) is 12.9. The summed E-state index contributed by atoms with van der Waals surface area (Å²) in [6, 6.07) is 18.6. The van der Waals surface area contributed by atoms with Crippen LogP contribution in [-0.4, -0.2) is 24.3 Å². The maximum atomic E-state index is 12.9. The Morgan fingerprint density at radius 1 is 0.970 bits per heavy atom. The molecule has 0 amide bonds. The monoisotopic (exact) mass is 483 g/mol. The van der Waals surface area contributed by atoms with E-state index in [4.69, 9.17) is 37.4 Å². The highest BCUT2D eigenvalue weighted by Gasteiger charge is 2.22. The van der Waals surface area contributed by atoms with E-state index in [1.807, 2.05) is 60.0 Å². The van der Waals surface area contributed by atoms with Crippen molar-refractivity contribution in [1.82, 2.24) is 4.57 Å². The van der Waals surface area contributed by atoms with Crippen LogP contribution in [0.1, 0.15) is 28.5 Å². The van der Waals surface area contributed by atoms with Gasteiger partial charge in [0.15, 0.2) is 0 Å². The van der Waals surface area contributed by atoms with Crippen LogP contribution in [0.2, 0.25) is 10.0 Å². The van der Waals surface area contributed by atoms with Crippen molar-refractivity contribution in [2.75, 3.05) is 13.7 Å². The zero-order chi connectivity index (χ0) is 23.5. The van der Waals surface area contributed by atoms with Crippen LogP contribution in [0.4, 0.5) is 0 Å². The van der Waals surface area contributed by atoms with Crippen LogP contribution in [0.5, 0.6) is 11.5 Å². The number of fused-ring (bicyclic) bond motifs is 1. The minimum absolute atomic E-state index is 0.272. The van der Waals surface area contributed by atoms with E-state index >= 15 is 0 Å². The topological polar surface area (TPSA) is 49.7 Å². The molecule has 0 atom stereocenters. The molecule has 4 aromatic rings. The standard InChI is InChI=1S/C26H23Cl2NO4/c1-4-32-26(30)25-16(2)29(19-7-9-20(31-3)10-8-19)24-12-11-21(14-22(24)25)33-15-17-5-6-18(27)13-23(17)28/h5-14H,4,15H2,1-3H3. The molecule has 1 heterocycles. The predicted octanol–water partition coefficient (Wildman–Crippen LogP) is 7.01. The molecule has 0 radical (unpaired) electrons. The van der Waals surface area contributed by atoms with Crippen molar-refractivity contribution in [3.63, 3.8) is 0 Å². The van der Waals surface area contributed by atoms with Gasteiger partial charge < -0.3 is 18.8 Å². The summed E-state index contributed by atoms with van der Waals surface area (Å²) in [5, 5.41) is 1.86. The zero-order valence-electron chi connectivity index (χ0n) is 18.5. The molecule has 0 saturated heterocycles. The van der Waals surface area contributed by atoms with Gasteiger partial charge in [-0.2, -0.15) is 0 Å². The molecular formula is C26H23Cl2NO4. The fourth-order valence-electron chi connectivity index (χ4n) is 3.81. The van der Waals surface area contributed by atoms with Crippen molar-refractivity contribution in [3.05, 3.63) is 87.5 Å². The lowest BCUT2D eigenvalue weighted by Crippen LogP contribution is -2.07. The van der Waals surface area contributed by atoms with Gasteiger partial charge in [-0.15, -0.1) is 0 Å². The van der Waals surface area contributed by atoms with Crippen LogP contribution in [0.25, 0.3) is 16.6 Å². The molecule has 0 fully saturated rings. The van der Waals surface area contributed by atoms with Crippen molar-refractivity contribution in [3.8, 4) is 17.2 Å². The molecule has 3 aromatic carbocycles. The van der Waals surface area contributed by atoms with Gasteiger partial charge in [0.1, 0.15) is 18.1 Å². The molecule has 0 unspecified atom stereocenters. The quantitative estimate of drug-likeness (QED) is 0.265. The molecule has 0 aliphatic carbocycles. The van der Waals surface area contributed by atoms with E-state index in [0.29, 0.717) is 28.0 Å². The van der Waals surface area contributed by atoms with Gasteiger partial charge in [-0.05, 0) is 68.4 Å². The van der Waals surface area contributed by atoms with Gasteiger partial charge in [-0.3, -0.25) is 0 Å². The summed E-state index contributed by atoms with van der Waals surface area (Å²) in [6.07, 6.45) is 0. The molecule has 1 aromatic heterocycles. The highest BCUT2D eigenvalue weighted by Crippen LogP contribution is 2.33. The Kier molecular flexibility index (Phi) is 6.82. The molecule has 0 bridgehead atoms. The number of hydrogen-bond donors (Lipinski definition) is 0. The number of methoxy groups -OCH3 is 1. The Labute approximate surface area is 202 Å². The maximum Gasteiger partial charge on any atom is 0.340 e. The normalized spacial score (nSPS) is 10.9. The van der Waals surface area contributed by atoms with E-state index in [1.54, 1.807) is 26.2 Å². The highest BCUT2D eigenvalue weighted by atomic mass is 35.5. The van der Waals surface area contributed by atoms with Crippen LogP contribution < -0.4 is 9.47 Å². The number of benzene rings is 3. The van der Waals surface area contributed by atoms with Crippen molar-refractivity contribution < 1.29 is 19.0 Å². The van der Waals surface area contributed by atoms with Gasteiger partial charge in [-0.25, -0.2) is 4.79 Å². The first-order valence-electron chi connectivity index (χ1n) is 10.5. The lowest BCUT2D eigenvalue weighted by Gasteiger charge is -2.11. The average Bonchev–Trinajstić information content (AvgIpc) is 3.09. The van der Waals surface area contributed by atoms with Crippen molar-refractivity contribution in [2.24, 2.45) is 0 Å². The first kappa shape index (κ1) is 23.0. The minimum atomic E-state index is -0.370. The predicted molar refractivity (Wildman–Crippen MR) is 131 cm³/mol. The smallest absolute Gasteiger partial charge is 0.340 e. The second kappa shape index (κ2) is 9.77. The number of carbonyl (C=O) groups excluding carboxylic acids is 1. The van der Waals surface area contributed by atoms with E-state index in [0.717, 1.165) is 33.6 Å². The number of hydrogen-bond acceptors (Lipinski definition) is 4. The molecule has 0 aliphatic rings. The van der Waals surface area contributed by atoms with E-state index in [2.05, 4.69) is 0 Å². The lowest BCUT2D eigenvalue weighted by molar-refractivity contribution is 0.0527. The summed E-state index contributed by atoms with van der Waals surface area (Å²) in [6.45, 7) is 4.26. The van der Waals surface area contributed by atoms with Gasteiger partial charge in [0, 0.05) is 32.4 Å². The van der Waals surface area contributed by atoms with Crippen molar-refractivity contribution in [1.29, 1.82) is 0 Å². The Hall–Kier alpha value is -3.15. The van der Waals surface area contributed by atoms with E-state index in [1.165, 1.54) is 0 Å². The fraction of sp³-hybridized carbons (Fsp3) is 0.192. The second-order valence-corrected chi connectivity index (χ2v) is 8.26. The Morgan fingerprint density at radius 2 is 1.70 bits per heavy atom. The number of nitrogens with zero attached hydrogens (tertiary/aromatic N) is 1. The van der Waals surface area contributed by atoms with Gasteiger partial charge in [0.2, 0.25) is 0 Å². The van der Waals surface area contributed by atoms with Crippen molar-refractivity contribution >= 4 is 40.1 Å². The van der Waals surface area contributed by atoms with Gasteiger partial charge in [0.05, 0.1) is 24.8 Å². The molecule has 4 rings (SSSR count). The van der Waals surface area contributed by atoms with Crippen molar-refractivity contribution in [2.45, 2.75) is 20.5 Å². The molecular weight excluding hydrogens is 461 g/mol. The molecule has 170 valence electrons. The van der Waals surface area contributed by atoms with Crippen LogP contribution in [-0.2, 0) is 11.3 Å². The molecule has 33 heavy (non-hydrogen) atoms. The number of carbonyl (C=O) groups is 1. The largest absolute Gasteiger partial charge is 0.497 e. The third-order valence-corrected chi connectivity index (χ3v) is 5.98. The Morgan fingerprint density at radius 3 is 2.36 bits per heavy atom. The summed E-state index contributed by atoms with van der Waals surface area (Å²) >= 11 is 12.2. The lowest BCUT2D eigenvalue weighted by atomic mass is 10.1. The summed E-state index contributed by atoms with van der Waals surface area (Å²) in [5.41, 5.74) is 3.90. The minimum Gasteiger partial charge on any atom is -0.497 e.